The van der Waals surface area contributed by atoms with Gasteiger partial charge in [0.2, 0.25) is 0 Å². The highest BCUT2D eigenvalue weighted by molar-refractivity contribution is 9.10. The number of benzene rings is 4. The van der Waals surface area contributed by atoms with Crippen molar-refractivity contribution in [2.45, 2.75) is 13.8 Å². The Bertz CT molecular complexity index is 1990. The minimum absolute atomic E-state index is 0.171. The molecule has 240 valence electrons. The zero-order valence-electron chi connectivity index (χ0n) is 25.9. The molecule has 12 heteroatoms. The van der Waals surface area contributed by atoms with Crippen LogP contribution in [0.15, 0.2) is 88.4 Å². The Hall–Kier alpha value is -5.62. The number of amides is 1. The van der Waals surface area contributed by atoms with Crippen molar-refractivity contribution in [2.75, 3.05) is 20.8 Å². The van der Waals surface area contributed by atoms with Gasteiger partial charge in [-0.2, -0.15) is 5.10 Å². The van der Waals surface area contributed by atoms with Crippen LogP contribution in [-0.2, 0) is 4.79 Å². The lowest BCUT2D eigenvalue weighted by atomic mass is 10.0. The van der Waals surface area contributed by atoms with Gasteiger partial charge in [0.05, 0.1) is 38.1 Å². The summed E-state index contributed by atoms with van der Waals surface area (Å²) in [4.78, 5) is 41.0. The molecule has 0 saturated heterocycles. The van der Waals surface area contributed by atoms with Gasteiger partial charge in [0.1, 0.15) is 11.4 Å². The molecule has 0 aliphatic rings. The van der Waals surface area contributed by atoms with Gasteiger partial charge in [-0.25, -0.2) is 10.2 Å². The molecule has 0 aliphatic carbocycles. The zero-order chi connectivity index (χ0) is 33.5. The number of aromatic amines is 1. The third kappa shape index (κ3) is 7.28. The van der Waals surface area contributed by atoms with Crippen LogP contribution in [0.4, 0.5) is 0 Å². The molecule has 5 aromatic rings. The Morgan fingerprint density at radius 1 is 0.851 bits per heavy atom. The van der Waals surface area contributed by atoms with Gasteiger partial charge in [0.15, 0.2) is 23.0 Å². The van der Waals surface area contributed by atoms with Crippen LogP contribution in [0.3, 0.4) is 0 Å². The van der Waals surface area contributed by atoms with Crippen LogP contribution in [0.2, 0.25) is 0 Å². The van der Waals surface area contributed by atoms with Gasteiger partial charge in [-0.1, -0.05) is 46.3 Å². The number of esters is 2. The molecule has 0 spiro atoms. The van der Waals surface area contributed by atoms with E-state index >= 15 is 0 Å². The van der Waals surface area contributed by atoms with Crippen molar-refractivity contribution in [3.05, 3.63) is 100 Å². The number of methoxy groups -OCH3 is 2. The number of nitrogens with zero attached hydrogens (tertiary/aromatic N) is 1. The second-order valence-corrected chi connectivity index (χ2v) is 10.8. The third-order valence-electron chi connectivity index (χ3n) is 6.88. The molecule has 4 aromatic carbocycles. The Balaban J connectivity index is 1.37. The summed E-state index contributed by atoms with van der Waals surface area (Å²) in [5, 5.41) is 4.98. The van der Waals surface area contributed by atoms with Crippen LogP contribution in [0.1, 0.15) is 40.3 Å². The zero-order valence-corrected chi connectivity index (χ0v) is 27.5. The molecule has 0 aliphatic heterocycles. The normalized spacial score (nSPS) is 10.9. The largest absolute Gasteiger partial charge is 0.495 e. The van der Waals surface area contributed by atoms with Gasteiger partial charge >= 0.3 is 11.9 Å². The molecule has 5 rings (SSSR count). The number of rotatable bonds is 11. The lowest BCUT2D eigenvalue weighted by Gasteiger charge is -2.13. The van der Waals surface area contributed by atoms with E-state index in [2.05, 4.69) is 31.4 Å². The van der Waals surface area contributed by atoms with Crippen LogP contribution < -0.4 is 29.1 Å². The summed E-state index contributed by atoms with van der Waals surface area (Å²) in [6, 6.07) is 22.4. The van der Waals surface area contributed by atoms with E-state index in [1.165, 1.54) is 38.4 Å². The van der Waals surface area contributed by atoms with E-state index < -0.39 is 17.8 Å². The van der Waals surface area contributed by atoms with Gasteiger partial charge < -0.3 is 28.7 Å². The molecule has 2 N–H and O–H groups in total. The van der Waals surface area contributed by atoms with Crippen LogP contribution in [0.5, 0.6) is 28.7 Å². The van der Waals surface area contributed by atoms with Crippen LogP contribution in [0.25, 0.3) is 22.0 Å². The van der Waals surface area contributed by atoms with Gasteiger partial charge in [-0.3, -0.25) is 9.59 Å². The standard InChI is InChI=1S/C35H30BrN3O8/c1-5-45-29-17-21(11-14-26(29)47-35(42)23-12-15-25(46-20(2)40)28(18-23)44-4)19-37-39-34(41)33-30(22-9-7-6-8-10-22)31-24(36)13-16-27(43-3)32(31)38-33/h6-19,38H,5H2,1-4H3,(H,39,41). The number of carbonyl (C=O) groups is 3. The van der Waals surface area contributed by atoms with E-state index in [9.17, 15) is 14.4 Å². The molecule has 0 radical (unpaired) electrons. The summed E-state index contributed by atoms with van der Waals surface area (Å²) in [6.07, 6.45) is 1.45. The summed E-state index contributed by atoms with van der Waals surface area (Å²) in [6.45, 7) is 3.36. The molecule has 0 atom stereocenters. The SMILES string of the molecule is CCOc1cc(C=NNC(=O)c2[nH]c3c(OC)ccc(Br)c3c2-c2ccccc2)ccc1OC(=O)c1ccc(OC(C)=O)c(OC)c1. The van der Waals surface area contributed by atoms with E-state index in [1.807, 2.05) is 42.5 Å². The molecule has 11 nitrogen and oxygen atoms in total. The fraction of sp³-hybridized carbons (Fsp3) is 0.143. The maximum absolute atomic E-state index is 13.5. The summed E-state index contributed by atoms with van der Waals surface area (Å²) in [7, 11) is 2.96. The summed E-state index contributed by atoms with van der Waals surface area (Å²) < 4.78 is 28.0. The van der Waals surface area contributed by atoms with E-state index in [0.29, 0.717) is 40.4 Å². The van der Waals surface area contributed by atoms with Crippen LogP contribution in [0, 0.1) is 0 Å². The fourth-order valence-corrected chi connectivity index (χ4v) is 5.37. The summed E-state index contributed by atoms with van der Waals surface area (Å²) in [5.41, 5.74) is 5.85. The number of hydrogen-bond acceptors (Lipinski definition) is 9. The number of aromatic nitrogens is 1. The van der Waals surface area contributed by atoms with Crippen molar-refractivity contribution >= 4 is 50.9 Å². The minimum atomic E-state index is -0.678. The van der Waals surface area contributed by atoms with Crippen molar-refractivity contribution in [3.63, 3.8) is 0 Å². The smallest absolute Gasteiger partial charge is 0.343 e. The van der Waals surface area contributed by atoms with Crippen molar-refractivity contribution in [3.8, 4) is 39.9 Å². The predicted molar refractivity (Wildman–Crippen MR) is 180 cm³/mol. The molecule has 0 bridgehead atoms. The molecule has 0 fully saturated rings. The predicted octanol–water partition coefficient (Wildman–Crippen LogP) is 6.92. The second kappa shape index (κ2) is 14.6. The third-order valence-corrected chi connectivity index (χ3v) is 7.54. The topological polar surface area (TPSA) is 138 Å². The first-order valence-corrected chi connectivity index (χ1v) is 15.2. The molecule has 0 saturated carbocycles. The number of hydrogen-bond donors (Lipinski definition) is 2. The Morgan fingerprint density at radius 3 is 2.26 bits per heavy atom. The molecular formula is C35H30BrN3O8. The van der Waals surface area contributed by atoms with Crippen molar-refractivity contribution in [1.29, 1.82) is 0 Å². The van der Waals surface area contributed by atoms with Gasteiger partial charge in [0, 0.05) is 22.3 Å². The molecule has 1 heterocycles. The van der Waals surface area contributed by atoms with Crippen LogP contribution in [-0.4, -0.2) is 49.9 Å². The average molecular weight is 701 g/mol. The van der Waals surface area contributed by atoms with E-state index in [-0.39, 0.29) is 22.8 Å². The van der Waals surface area contributed by atoms with Crippen molar-refractivity contribution < 1.29 is 38.1 Å². The minimum Gasteiger partial charge on any atom is -0.495 e. The maximum Gasteiger partial charge on any atom is 0.343 e. The summed E-state index contributed by atoms with van der Waals surface area (Å²) >= 11 is 3.62. The van der Waals surface area contributed by atoms with Gasteiger partial charge in [-0.05, 0) is 66.6 Å². The quantitative estimate of drug-likeness (QED) is 0.0656. The highest BCUT2D eigenvalue weighted by Crippen LogP contribution is 2.41. The summed E-state index contributed by atoms with van der Waals surface area (Å²) in [5.74, 6) is -0.236. The number of H-pyrrole nitrogens is 1. The number of halogens is 1. The van der Waals surface area contributed by atoms with E-state index in [1.54, 1.807) is 32.2 Å². The number of nitrogens with one attached hydrogen (secondary N) is 2. The monoisotopic (exact) mass is 699 g/mol. The van der Waals surface area contributed by atoms with E-state index in [4.69, 9.17) is 23.7 Å². The lowest BCUT2D eigenvalue weighted by molar-refractivity contribution is -0.132. The van der Waals surface area contributed by atoms with Crippen molar-refractivity contribution in [2.24, 2.45) is 5.10 Å². The van der Waals surface area contributed by atoms with Gasteiger partial charge in [0.25, 0.3) is 5.91 Å². The molecule has 1 amide bonds. The highest BCUT2D eigenvalue weighted by Gasteiger charge is 2.23. The molecular weight excluding hydrogens is 670 g/mol. The van der Waals surface area contributed by atoms with Crippen molar-refractivity contribution in [1.82, 2.24) is 10.4 Å². The Morgan fingerprint density at radius 2 is 1.55 bits per heavy atom. The molecule has 47 heavy (non-hydrogen) atoms. The first kappa shape index (κ1) is 32.8. The number of hydrazone groups is 1. The first-order chi connectivity index (χ1) is 22.7. The second-order valence-electron chi connectivity index (χ2n) is 9.93. The fourth-order valence-electron chi connectivity index (χ4n) is 4.84. The highest BCUT2D eigenvalue weighted by atomic mass is 79.9. The number of carbonyl (C=O) groups excluding carboxylic acids is 3. The lowest BCUT2D eigenvalue weighted by Crippen LogP contribution is -2.19. The molecule has 0 unspecified atom stereocenters. The Kier molecular flexibility index (Phi) is 10.2. The Labute approximate surface area is 278 Å². The molecule has 1 aromatic heterocycles. The number of fused-ring (bicyclic) bond motifs is 1. The first-order valence-electron chi connectivity index (χ1n) is 14.4. The number of ether oxygens (including phenoxy) is 5. The van der Waals surface area contributed by atoms with E-state index in [0.717, 1.165) is 15.4 Å². The maximum atomic E-state index is 13.5. The van der Waals surface area contributed by atoms with Crippen LogP contribution >= 0.6 is 15.9 Å². The van der Waals surface area contributed by atoms with Gasteiger partial charge in [-0.15, -0.1) is 0 Å². The average Bonchev–Trinajstić information content (AvgIpc) is 3.48.